The molecule has 0 aliphatic carbocycles. The minimum absolute atomic E-state index is 0.642. The van der Waals surface area contributed by atoms with Gasteiger partial charge in [0.1, 0.15) is 5.69 Å². The lowest BCUT2D eigenvalue weighted by Gasteiger charge is -2.06. The van der Waals surface area contributed by atoms with Gasteiger partial charge in [-0.1, -0.05) is 29.3 Å². The van der Waals surface area contributed by atoms with Gasteiger partial charge < -0.3 is 10.7 Å². The van der Waals surface area contributed by atoms with Crippen LogP contribution in [-0.4, -0.2) is 16.5 Å². The zero-order valence-corrected chi connectivity index (χ0v) is 14.5. The van der Waals surface area contributed by atoms with Crippen LogP contribution in [0.5, 0.6) is 0 Å². The number of nitrogens with one attached hydrogen (secondary N) is 1. The molecule has 0 radical (unpaired) electrons. The van der Waals surface area contributed by atoms with Crippen molar-refractivity contribution in [3.8, 4) is 11.4 Å². The summed E-state index contributed by atoms with van der Waals surface area (Å²) in [7, 11) is 0. The van der Waals surface area contributed by atoms with Crippen LogP contribution in [-0.2, 0) is 6.42 Å². The van der Waals surface area contributed by atoms with Crippen molar-refractivity contribution in [1.29, 1.82) is 0 Å². The Morgan fingerprint density at radius 2 is 1.96 bits per heavy atom. The van der Waals surface area contributed by atoms with E-state index in [2.05, 4.69) is 16.0 Å². The van der Waals surface area contributed by atoms with E-state index in [9.17, 15) is 0 Å². The summed E-state index contributed by atoms with van der Waals surface area (Å²) < 4.78 is 0. The van der Waals surface area contributed by atoms with E-state index in [1.807, 2.05) is 25.1 Å². The molecule has 0 bridgehead atoms. The average Bonchev–Trinajstić information content (AvgIpc) is 2.91. The van der Waals surface area contributed by atoms with Gasteiger partial charge in [0.25, 0.3) is 0 Å². The summed E-state index contributed by atoms with van der Waals surface area (Å²) in [4.78, 5) is 7.96. The molecule has 1 aromatic carbocycles. The van der Waals surface area contributed by atoms with Crippen LogP contribution in [0.3, 0.4) is 0 Å². The Morgan fingerprint density at radius 3 is 2.70 bits per heavy atom. The number of hydrogen-bond acceptors (Lipinski definition) is 2. The average molecular weight is 348 g/mol. The monoisotopic (exact) mass is 347 g/mol. The molecule has 3 nitrogen and oxygen atoms in total. The highest BCUT2D eigenvalue weighted by atomic mass is 35.5. The first-order chi connectivity index (χ1) is 11.1. The van der Waals surface area contributed by atoms with Crippen molar-refractivity contribution in [2.75, 3.05) is 6.54 Å². The number of halogens is 2. The van der Waals surface area contributed by atoms with Gasteiger partial charge in [0, 0.05) is 16.6 Å². The normalized spacial score (nSPS) is 11.3. The number of H-pyrrole nitrogens is 1. The highest BCUT2D eigenvalue weighted by Crippen LogP contribution is 2.36. The van der Waals surface area contributed by atoms with E-state index in [4.69, 9.17) is 28.9 Å². The van der Waals surface area contributed by atoms with Crippen LogP contribution in [0.1, 0.15) is 24.0 Å². The summed E-state index contributed by atoms with van der Waals surface area (Å²) in [6.07, 6.45) is 4.72. The second kappa shape index (κ2) is 6.91. The van der Waals surface area contributed by atoms with Gasteiger partial charge in [-0.3, -0.25) is 4.98 Å². The number of hydrogen-bond donors (Lipinski definition) is 2. The maximum absolute atomic E-state index is 6.36. The zero-order chi connectivity index (χ0) is 16.4. The van der Waals surface area contributed by atoms with E-state index in [0.29, 0.717) is 11.6 Å². The fraction of sp³-hybridized carbons (Fsp3) is 0.278. The second-order valence-corrected chi connectivity index (χ2v) is 6.47. The van der Waals surface area contributed by atoms with Crippen LogP contribution < -0.4 is 5.73 Å². The Morgan fingerprint density at radius 1 is 1.13 bits per heavy atom. The third-order valence-corrected chi connectivity index (χ3v) is 4.87. The maximum Gasteiger partial charge on any atom is 0.105 e. The van der Waals surface area contributed by atoms with Gasteiger partial charge in [-0.15, -0.1) is 0 Å². The van der Waals surface area contributed by atoms with Crippen LogP contribution in [0.25, 0.3) is 22.3 Å². The molecule has 0 spiro atoms. The van der Waals surface area contributed by atoms with Crippen molar-refractivity contribution in [3.05, 3.63) is 51.6 Å². The van der Waals surface area contributed by atoms with Crippen molar-refractivity contribution < 1.29 is 0 Å². The van der Waals surface area contributed by atoms with E-state index in [-0.39, 0.29) is 0 Å². The SMILES string of the molecule is Cc1c(Cl)ccc2c(CCCCN)c(-c3ncccc3Cl)[nH]c12. The molecule has 23 heavy (non-hydrogen) atoms. The predicted octanol–water partition coefficient (Wildman–Crippen LogP) is 5.13. The van der Waals surface area contributed by atoms with Crippen molar-refractivity contribution in [3.63, 3.8) is 0 Å². The smallest absolute Gasteiger partial charge is 0.105 e. The summed E-state index contributed by atoms with van der Waals surface area (Å²) in [5.41, 5.74) is 10.7. The first-order valence-electron chi connectivity index (χ1n) is 7.74. The predicted molar refractivity (Wildman–Crippen MR) is 98.3 cm³/mol. The molecule has 3 aromatic rings. The Labute approximate surface area is 145 Å². The second-order valence-electron chi connectivity index (χ2n) is 5.65. The lowest BCUT2D eigenvalue weighted by molar-refractivity contribution is 0.748. The number of fused-ring (bicyclic) bond motifs is 1. The van der Waals surface area contributed by atoms with E-state index >= 15 is 0 Å². The lowest BCUT2D eigenvalue weighted by Crippen LogP contribution is -1.99. The van der Waals surface area contributed by atoms with Crippen molar-refractivity contribution in [2.45, 2.75) is 26.2 Å². The van der Waals surface area contributed by atoms with Gasteiger partial charge in [-0.2, -0.15) is 0 Å². The van der Waals surface area contributed by atoms with Crippen molar-refractivity contribution in [1.82, 2.24) is 9.97 Å². The molecular formula is C18H19Cl2N3. The Hall–Kier alpha value is -1.55. The van der Waals surface area contributed by atoms with Crippen LogP contribution in [0, 0.1) is 6.92 Å². The third kappa shape index (κ3) is 3.09. The Balaban J connectivity index is 2.21. The number of nitrogens with two attached hydrogens (primary N) is 1. The molecule has 2 heterocycles. The van der Waals surface area contributed by atoms with E-state index in [1.165, 1.54) is 10.9 Å². The minimum atomic E-state index is 0.642. The van der Waals surface area contributed by atoms with Crippen LogP contribution >= 0.6 is 23.2 Å². The largest absolute Gasteiger partial charge is 0.353 e. The molecule has 0 aliphatic rings. The molecule has 2 aromatic heterocycles. The van der Waals surface area contributed by atoms with Gasteiger partial charge in [0.2, 0.25) is 0 Å². The number of aryl methyl sites for hydroxylation is 2. The zero-order valence-electron chi connectivity index (χ0n) is 13.0. The first kappa shape index (κ1) is 16.3. The molecule has 0 saturated heterocycles. The van der Waals surface area contributed by atoms with Crippen LogP contribution in [0.4, 0.5) is 0 Å². The third-order valence-electron chi connectivity index (χ3n) is 4.15. The van der Waals surface area contributed by atoms with Crippen LogP contribution in [0.15, 0.2) is 30.5 Å². The van der Waals surface area contributed by atoms with E-state index in [0.717, 1.165) is 46.8 Å². The minimum Gasteiger partial charge on any atom is -0.353 e. The van der Waals surface area contributed by atoms with Gasteiger partial charge in [-0.05, 0) is 62.1 Å². The van der Waals surface area contributed by atoms with Crippen molar-refractivity contribution >= 4 is 34.1 Å². The van der Waals surface area contributed by atoms with E-state index < -0.39 is 0 Å². The number of benzene rings is 1. The number of rotatable bonds is 5. The fourth-order valence-electron chi connectivity index (χ4n) is 2.91. The summed E-state index contributed by atoms with van der Waals surface area (Å²) in [5, 5.41) is 2.58. The molecule has 0 saturated carbocycles. The summed E-state index contributed by atoms with van der Waals surface area (Å²) >= 11 is 12.6. The molecule has 0 atom stereocenters. The van der Waals surface area contributed by atoms with Crippen LogP contribution in [0.2, 0.25) is 10.0 Å². The highest BCUT2D eigenvalue weighted by Gasteiger charge is 2.17. The molecule has 3 N–H and O–H groups in total. The summed E-state index contributed by atoms with van der Waals surface area (Å²) in [6, 6.07) is 7.71. The van der Waals surface area contributed by atoms with Crippen molar-refractivity contribution in [2.24, 2.45) is 5.73 Å². The summed E-state index contributed by atoms with van der Waals surface area (Å²) in [5.74, 6) is 0. The number of aromatic nitrogens is 2. The number of pyridine rings is 1. The lowest BCUT2D eigenvalue weighted by atomic mass is 10.0. The molecule has 0 aliphatic heterocycles. The number of unbranched alkanes of at least 4 members (excludes halogenated alkanes) is 1. The van der Waals surface area contributed by atoms with Gasteiger partial charge in [-0.25, -0.2) is 0 Å². The topological polar surface area (TPSA) is 54.7 Å². The number of nitrogens with zero attached hydrogens (tertiary/aromatic N) is 1. The quantitative estimate of drug-likeness (QED) is 0.628. The maximum atomic E-state index is 6.36. The van der Waals surface area contributed by atoms with E-state index in [1.54, 1.807) is 6.20 Å². The Kier molecular flexibility index (Phi) is 4.90. The highest BCUT2D eigenvalue weighted by molar-refractivity contribution is 6.33. The fourth-order valence-corrected chi connectivity index (χ4v) is 3.28. The molecule has 3 rings (SSSR count). The molecule has 0 unspecified atom stereocenters. The van der Waals surface area contributed by atoms with Gasteiger partial charge >= 0.3 is 0 Å². The van der Waals surface area contributed by atoms with Gasteiger partial charge in [0.05, 0.1) is 16.2 Å². The summed E-state index contributed by atoms with van der Waals surface area (Å²) in [6.45, 7) is 2.72. The standard InChI is InChI=1S/C18H19Cl2N3/c1-11-14(19)8-7-13-12(5-2-3-9-21)17(23-16(11)13)18-15(20)6-4-10-22-18/h4,6-8,10,23H,2-3,5,9,21H2,1H3. The molecular weight excluding hydrogens is 329 g/mol. The molecule has 5 heteroatoms. The molecule has 120 valence electrons. The Bertz CT molecular complexity index is 840. The molecule has 0 fully saturated rings. The first-order valence-corrected chi connectivity index (χ1v) is 8.49. The molecule has 0 amide bonds. The number of aromatic amines is 1. The van der Waals surface area contributed by atoms with Gasteiger partial charge in [0.15, 0.2) is 0 Å².